The summed E-state index contributed by atoms with van der Waals surface area (Å²) < 4.78 is 0. The van der Waals surface area contributed by atoms with E-state index < -0.39 is 46.7 Å². The van der Waals surface area contributed by atoms with Crippen LogP contribution >= 0.6 is 0 Å². The molecule has 0 atom stereocenters. The number of pyridine rings is 4. The summed E-state index contributed by atoms with van der Waals surface area (Å²) in [6.45, 7) is 0. The van der Waals surface area contributed by atoms with Crippen molar-refractivity contribution in [3.63, 3.8) is 0 Å². The molecule has 303 valence electrons. The molecule has 0 spiro atoms. The molecule has 6 aromatic heterocycles. The van der Waals surface area contributed by atoms with Crippen LogP contribution in [-0.4, -0.2) is 65.0 Å². The van der Waals surface area contributed by atoms with Gasteiger partial charge in [0.15, 0.2) is 0 Å². The molecule has 22 nitrogen and oxygen atoms in total. The molecule has 0 aliphatic rings. The Kier molecular flexibility index (Phi) is 33.3. The molecule has 6 rings (SSSR count). The van der Waals surface area contributed by atoms with Crippen molar-refractivity contribution in [2.75, 3.05) is 10.6 Å². The van der Waals surface area contributed by atoms with Crippen LogP contribution in [0, 0.1) is 0 Å². The molecule has 0 unspecified atom stereocenters. The summed E-state index contributed by atoms with van der Waals surface area (Å²) in [4.78, 5) is 56.5. The first-order valence-corrected chi connectivity index (χ1v) is 13.2. The van der Waals surface area contributed by atoms with Crippen LogP contribution in [0.15, 0.2) is 110 Å². The summed E-state index contributed by atoms with van der Waals surface area (Å²) in [6.07, 6.45) is 6.97. The van der Waals surface area contributed by atoms with E-state index in [2.05, 4.69) is 51.0 Å². The molecule has 0 aromatic carbocycles. The van der Waals surface area contributed by atoms with Gasteiger partial charge in [0.25, 0.3) is 0 Å². The first-order valence-electron chi connectivity index (χ1n) is 13.2. The normalized spacial score (nSPS) is 8.29. The van der Waals surface area contributed by atoms with Crippen LogP contribution in [0.3, 0.4) is 0 Å². The number of carboxylic acids is 4. The minimum Gasteiger partial charge on any atom is -0.573 e. The van der Waals surface area contributed by atoms with E-state index in [9.17, 15) is 39.6 Å². The zero-order chi connectivity index (χ0) is 34.7. The Balaban J connectivity index is -0.000000194. The van der Waals surface area contributed by atoms with E-state index in [1.807, 2.05) is 72.8 Å². The van der Waals surface area contributed by atoms with E-state index in [0.717, 1.165) is 35.4 Å². The average molecular weight is 913 g/mol. The number of rotatable bonds is 8. The van der Waals surface area contributed by atoms with E-state index in [1.54, 1.807) is 24.8 Å². The number of anilines is 4. The molecule has 0 saturated heterocycles. The van der Waals surface area contributed by atoms with Gasteiger partial charge in [-0.15, -0.1) is 0 Å². The Morgan fingerprint density at radius 3 is 0.855 bits per heavy atom. The third-order valence-corrected chi connectivity index (χ3v) is 5.09. The summed E-state index contributed by atoms with van der Waals surface area (Å²) in [5.74, 6) is -3.03. The molecule has 55 heavy (non-hydrogen) atoms. The van der Waals surface area contributed by atoms with Gasteiger partial charge >= 0.3 is 51.2 Å². The summed E-state index contributed by atoms with van der Waals surface area (Å²) in [5, 5.41) is 58.2. The maximum atomic E-state index is 10.0. The Labute approximate surface area is 341 Å². The zero-order valence-electron chi connectivity index (χ0n) is 27.3. The third kappa shape index (κ3) is 21.9. The van der Waals surface area contributed by atoms with Crippen molar-refractivity contribution in [3.05, 3.63) is 132 Å². The molecule has 0 bridgehead atoms. The molecule has 12 N–H and O–H groups in total. The molecule has 0 saturated carbocycles. The first kappa shape index (κ1) is 58.2. The molecule has 0 aliphatic carbocycles. The molecule has 6 heterocycles. The molecule has 25 heteroatoms. The van der Waals surface area contributed by atoms with Crippen molar-refractivity contribution in [3.8, 4) is 0 Å². The number of aromatic carboxylic acids is 4. The summed E-state index contributed by atoms with van der Waals surface area (Å²) in [6, 6.07) is 24.4. The minimum absolute atomic E-state index is 0. The van der Waals surface area contributed by atoms with Crippen LogP contribution in [-0.2, 0) is 62.2 Å². The van der Waals surface area contributed by atoms with Crippen molar-refractivity contribution in [2.24, 2.45) is 0 Å². The second-order valence-corrected chi connectivity index (χ2v) is 8.49. The fourth-order valence-corrected chi connectivity index (χ4v) is 3.00. The van der Waals surface area contributed by atoms with E-state index in [0.29, 0.717) is 0 Å². The Bertz CT molecular complexity index is 1640. The summed E-state index contributed by atoms with van der Waals surface area (Å²) in [5.41, 5.74) is -2.04. The molecular weight excluding hydrogens is 883 g/mol. The molecule has 0 fully saturated rings. The fourth-order valence-electron chi connectivity index (χ4n) is 3.00. The van der Waals surface area contributed by atoms with Crippen LogP contribution in [0.25, 0.3) is 0 Å². The van der Waals surface area contributed by atoms with Crippen molar-refractivity contribution >= 4 is 47.1 Å². The van der Waals surface area contributed by atoms with Crippen molar-refractivity contribution in [2.45, 2.75) is 0 Å². The van der Waals surface area contributed by atoms with Gasteiger partial charge in [-0.1, -0.05) is 35.7 Å². The van der Waals surface area contributed by atoms with Crippen LogP contribution in [0.1, 0.15) is 42.0 Å². The number of nitrogens with one attached hydrogen (secondary N) is 2. The van der Waals surface area contributed by atoms with Crippen molar-refractivity contribution in [1.29, 1.82) is 0 Å². The number of aromatic nitrogens is 8. The van der Waals surface area contributed by atoms with Gasteiger partial charge in [0, 0.05) is 24.8 Å². The van der Waals surface area contributed by atoms with E-state index in [4.69, 9.17) is 0 Å². The summed E-state index contributed by atoms with van der Waals surface area (Å²) in [7, 11) is 0. The van der Waals surface area contributed by atoms with Gasteiger partial charge in [-0.2, -0.15) is 0 Å². The number of hydrogen-bond acceptors (Lipinski definition) is 16. The SMILES string of the molecule is O.O.O=C([O-])c1cc(C(=O)[O-])[n-]n1.O=C([O-])c1cc(C(=O)[O-])[n-]n1.[Cu+2].[Cu+2].[Cu+2].[OH3+].[OH3+].c1ccc(Nc2ccccn2)nc1.c1ccc(Nc2ccccn2)nc1. The summed E-state index contributed by atoms with van der Waals surface area (Å²) >= 11 is 0. The second kappa shape index (κ2) is 31.4. The molecule has 6 aromatic rings. The van der Waals surface area contributed by atoms with Gasteiger partial charge in [0.2, 0.25) is 0 Å². The maximum Gasteiger partial charge on any atom is 2.00 e. The number of carbonyl (C=O) groups excluding carboxylic acids is 4. The zero-order valence-corrected chi connectivity index (χ0v) is 30.1. The van der Waals surface area contributed by atoms with Gasteiger partial charge in [0.1, 0.15) is 23.3 Å². The standard InChI is InChI=1S/2C10H9N3.2C5H4N2O4.3Cu.4H2O/c2*1-3-7-11-9(5-1)13-10-6-2-4-8-12-10;2*8-4(9)2-1-3(5(10)11)7-6-2;;;;;;;/h2*1-8H,(H,11,12,13);2*1H,(H3,6,7,8,9,10,11);;;;4*1H2/q;;;;3*+2;;;;/p-4. The van der Waals surface area contributed by atoms with E-state index in [1.165, 1.54) is 0 Å². The number of carbonyl (C=O) groups is 4. The smallest absolute Gasteiger partial charge is 0.573 e. The largest absolute Gasteiger partial charge is 2.00 e. The van der Waals surface area contributed by atoms with Crippen LogP contribution in [0.2, 0.25) is 0 Å². The van der Waals surface area contributed by atoms with Crippen molar-refractivity contribution in [1.82, 2.24) is 40.3 Å². The van der Waals surface area contributed by atoms with Crippen molar-refractivity contribution < 1.29 is 113 Å². The predicted octanol–water partition coefficient (Wildman–Crippen LogP) is -5.53. The van der Waals surface area contributed by atoms with E-state index >= 15 is 0 Å². The monoisotopic (exact) mass is 911 g/mol. The van der Waals surface area contributed by atoms with Gasteiger partial charge in [0.05, 0.1) is 35.3 Å². The first-order chi connectivity index (χ1) is 23.1. The Morgan fingerprint density at radius 1 is 0.455 bits per heavy atom. The van der Waals surface area contributed by atoms with Gasteiger partial charge in [-0.3, -0.25) is 0 Å². The quantitative estimate of drug-likeness (QED) is 0.106. The molecular formula is C30H30Cu3N10O12+2. The Morgan fingerprint density at radius 2 is 0.709 bits per heavy atom. The van der Waals surface area contributed by atoms with Crippen LogP contribution in [0.5, 0.6) is 0 Å². The molecule has 0 amide bonds. The maximum absolute atomic E-state index is 10.0. The fraction of sp³-hybridized carbons (Fsp3) is 0. The van der Waals surface area contributed by atoms with Crippen LogP contribution < -0.4 is 41.3 Å². The number of nitrogens with zero attached hydrogens (tertiary/aromatic N) is 8. The Hall–Kier alpha value is -6.10. The van der Waals surface area contributed by atoms with Gasteiger partial charge < -0.3 is 92.5 Å². The number of hydrogen-bond donors (Lipinski definition) is 2. The second-order valence-electron chi connectivity index (χ2n) is 8.49. The third-order valence-electron chi connectivity index (χ3n) is 5.09. The molecule has 0 aliphatic heterocycles. The van der Waals surface area contributed by atoms with E-state index in [-0.39, 0.29) is 73.1 Å². The predicted molar refractivity (Wildman–Crippen MR) is 173 cm³/mol. The van der Waals surface area contributed by atoms with Gasteiger partial charge in [-0.25, -0.2) is 19.9 Å². The van der Waals surface area contributed by atoms with Gasteiger partial charge in [-0.05, 0) is 60.7 Å². The number of carboxylic acid groups (broad SMARTS) is 4. The van der Waals surface area contributed by atoms with Crippen LogP contribution in [0.4, 0.5) is 23.3 Å². The minimum atomic E-state index is -1.56. The topological polar surface area (TPSA) is 419 Å². The average Bonchev–Trinajstić information content (AvgIpc) is 3.80. The molecule has 3 radical (unpaired) electrons.